The van der Waals surface area contributed by atoms with Gasteiger partial charge in [-0.05, 0) is 42.8 Å². The summed E-state index contributed by atoms with van der Waals surface area (Å²) in [6.07, 6.45) is 0. The van der Waals surface area contributed by atoms with Crippen molar-refractivity contribution in [2.24, 2.45) is 0 Å². The fourth-order valence-corrected chi connectivity index (χ4v) is 3.69. The zero-order valence-electron chi connectivity index (χ0n) is 17.5. The van der Waals surface area contributed by atoms with E-state index in [2.05, 4.69) is 10.2 Å². The molecule has 1 heterocycles. The predicted octanol–water partition coefficient (Wildman–Crippen LogP) is 4.08. The molecule has 1 aliphatic heterocycles. The number of methoxy groups -OCH3 is 2. The topological polar surface area (TPSA) is 54.0 Å². The first kappa shape index (κ1) is 22.2. The molecule has 162 valence electrons. The van der Waals surface area contributed by atoms with E-state index in [0.29, 0.717) is 13.1 Å². The van der Waals surface area contributed by atoms with Crippen LogP contribution >= 0.6 is 11.6 Å². The SMILES string of the molecule is COc1ccc(OC)c(CN2CCN(C(=O)NC(C)c3ccc(F)c(Cl)c3)CC2)c1. The average molecular weight is 436 g/mol. The van der Waals surface area contributed by atoms with Crippen molar-refractivity contribution >= 4 is 17.6 Å². The number of hydrogen-bond acceptors (Lipinski definition) is 4. The zero-order chi connectivity index (χ0) is 21.7. The Kier molecular flexibility index (Phi) is 7.39. The largest absolute Gasteiger partial charge is 0.497 e. The average Bonchev–Trinajstić information content (AvgIpc) is 2.76. The van der Waals surface area contributed by atoms with Crippen molar-refractivity contribution in [3.05, 3.63) is 58.4 Å². The van der Waals surface area contributed by atoms with Gasteiger partial charge >= 0.3 is 6.03 Å². The van der Waals surface area contributed by atoms with E-state index in [-0.39, 0.29) is 17.1 Å². The van der Waals surface area contributed by atoms with Crippen LogP contribution in [-0.2, 0) is 6.54 Å². The number of ether oxygens (including phenoxy) is 2. The number of benzene rings is 2. The normalized spacial score (nSPS) is 15.6. The third-order valence-corrected chi connectivity index (χ3v) is 5.61. The van der Waals surface area contributed by atoms with Gasteiger partial charge in [0.1, 0.15) is 17.3 Å². The molecule has 1 unspecified atom stereocenters. The first-order valence-corrected chi connectivity index (χ1v) is 10.2. The van der Waals surface area contributed by atoms with Crippen LogP contribution in [0.3, 0.4) is 0 Å². The number of piperazine rings is 1. The summed E-state index contributed by atoms with van der Waals surface area (Å²) in [7, 11) is 3.30. The van der Waals surface area contributed by atoms with Crippen LogP contribution in [0.5, 0.6) is 11.5 Å². The molecule has 8 heteroatoms. The van der Waals surface area contributed by atoms with Crippen LogP contribution in [-0.4, -0.2) is 56.2 Å². The Morgan fingerprint density at radius 1 is 1.13 bits per heavy atom. The van der Waals surface area contributed by atoms with Gasteiger partial charge in [0.25, 0.3) is 0 Å². The molecular weight excluding hydrogens is 409 g/mol. The zero-order valence-corrected chi connectivity index (χ0v) is 18.2. The van der Waals surface area contributed by atoms with Crippen molar-refractivity contribution in [2.75, 3.05) is 40.4 Å². The van der Waals surface area contributed by atoms with Crippen molar-refractivity contribution in [2.45, 2.75) is 19.5 Å². The molecule has 2 aromatic rings. The lowest BCUT2D eigenvalue weighted by atomic mass is 10.1. The highest BCUT2D eigenvalue weighted by molar-refractivity contribution is 6.30. The first-order valence-electron chi connectivity index (χ1n) is 9.85. The molecule has 1 N–H and O–H groups in total. The number of hydrogen-bond donors (Lipinski definition) is 1. The van der Waals surface area contributed by atoms with Gasteiger partial charge in [0.2, 0.25) is 0 Å². The highest BCUT2D eigenvalue weighted by atomic mass is 35.5. The first-order chi connectivity index (χ1) is 14.4. The Hall–Kier alpha value is -2.51. The molecule has 2 amide bonds. The Balaban J connectivity index is 1.53. The van der Waals surface area contributed by atoms with E-state index in [1.807, 2.05) is 25.1 Å². The molecule has 0 aliphatic carbocycles. The molecule has 1 aliphatic rings. The quantitative estimate of drug-likeness (QED) is 0.742. The number of urea groups is 1. The summed E-state index contributed by atoms with van der Waals surface area (Å²) in [5.74, 6) is 1.14. The predicted molar refractivity (Wildman–Crippen MR) is 115 cm³/mol. The standard InChI is InChI=1S/C22H27ClFN3O3/c1-15(16-4-6-20(24)19(23)13-16)25-22(28)27-10-8-26(9-11-27)14-17-12-18(29-2)5-7-21(17)30-3/h4-7,12-13,15H,8-11,14H2,1-3H3,(H,25,28). The van der Waals surface area contributed by atoms with E-state index in [9.17, 15) is 9.18 Å². The minimum absolute atomic E-state index is 0.0511. The number of carbonyl (C=O) groups excluding carboxylic acids is 1. The molecule has 0 spiro atoms. The molecule has 1 fully saturated rings. The summed E-state index contributed by atoms with van der Waals surface area (Å²) in [4.78, 5) is 16.7. The lowest BCUT2D eigenvalue weighted by molar-refractivity contribution is 0.133. The summed E-state index contributed by atoms with van der Waals surface area (Å²) < 4.78 is 24.1. The van der Waals surface area contributed by atoms with E-state index >= 15 is 0 Å². The fraction of sp³-hybridized carbons (Fsp3) is 0.409. The summed E-state index contributed by atoms with van der Waals surface area (Å²) >= 11 is 5.85. The van der Waals surface area contributed by atoms with Crippen molar-refractivity contribution in [1.29, 1.82) is 0 Å². The Morgan fingerprint density at radius 3 is 2.50 bits per heavy atom. The van der Waals surface area contributed by atoms with E-state index in [1.54, 1.807) is 31.3 Å². The van der Waals surface area contributed by atoms with E-state index in [1.165, 1.54) is 6.07 Å². The highest BCUT2D eigenvalue weighted by Gasteiger charge is 2.23. The van der Waals surface area contributed by atoms with Gasteiger partial charge in [-0.2, -0.15) is 0 Å². The van der Waals surface area contributed by atoms with Crippen molar-refractivity contribution < 1.29 is 18.7 Å². The van der Waals surface area contributed by atoms with Crippen molar-refractivity contribution in [3.8, 4) is 11.5 Å². The van der Waals surface area contributed by atoms with Crippen LogP contribution in [0.25, 0.3) is 0 Å². The second kappa shape index (κ2) is 10.00. The monoisotopic (exact) mass is 435 g/mol. The lowest BCUT2D eigenvalue weighted by Gasteiger charge is -2.35. The second-order valence-corrected chi connectivity index (χ2v) is 7.69. The van der Waals surface area contributed by atoms with Crippen molar-refractivity contribution in [1.82, 2.24) is 15.1 Å². The molecule has 2 aromatic carbocycles. The third-order valence-electron chi connectivity index (χ3n) is 5.32. The molecule has 0 saturated carbocycles. The minimum Gasteiger partial charge on any atom is -0.497 e. The number of carbonyl (C=O) groups is 1. The fourth-order valence-electron chi connectivity index (χ4n) is 3.50. The molecular formula is C22H27ClFN3O3. The van der Waals surface area contributed by atoms with Gasteiger partial charge in [-0.25, -0.2) is 9.18 Å². The number of nitrogens with one attached hydrogen (secondary N) is 1. The van der Waals surface area contributed by atoms with E-state index in [0.717, 1.165) is 42.3 Å². The van der Waals surface area contributed by atoms with Gasteiger partial charge in [0.05, 0.1) is 25.3 Å². The van der Waals surface area contributed by atoms with Gasteiger partial charge in [-0.3, -0.25) is 4.90 Å². The highest BCUT2D eigenvalue weighted by Crippen LogP contribution is 2.26. The van der Waals surface area contributed by atoms with Crippen LogP contribution in [0.4, 0.5) is 9.18 Å². The Labute approximate surface area is 181 Å². The number of nitrogens with zero attached hydrogens (tertiary/aromatic N) is 2. The van der Waals surface area contributed by atoms with Gasteiger partial charge < -0.3 is 19.7 Å². The number of amides is 2. The van der Waals surface area contributed by atoms with Gasteiger partial charge in [-0.1, -0.05) is 17.7 Å². The minimum atomic E-state index is -0.470. The number of halogens is 2. The molecule has 0 aromatic heterocycles. The molecule has 1 saturated heterocycles. The molecule has 0 bridgehead atoms. The van der Waals surface area contributed by atoms with E-state index < -0.39 is 5.82 Å². The van der Waals surface area contributed by atoms with E-state index in [4.69, 9.17) is 21.1 Å². The summed E-state index contributed by atoms with van der Waals surface area (Å²) in [6.45, 7) is 5.33. The molecule has 3 rings (SSSR count). The van der Waals surface area contributed by atoms with Crippen LogP contribution in [0.2, 0.25) is 5.02 Å². The summed E-state index contributed by atoms with van der Waals surface area (Å²) in [5.41, 5.74) is 1.81. The molecule has 1 atom stereocenters. The third kappa shape index (κ3) is 5.34. The molecule has 30 heavy (non-hydrogen) atoms. The maximum atomic E-state index is 13.4. The summed E-state index contributed by atoms with van der Waals surface area (Å²) in [6, 6.07) is 9.84. The molecule has 0 radical (unpaired) electrons. The lowest BCUT2D eigenvalue weighted by Crippen LogP contribution is -2.51. The van der Waals surface area contributed by atoms with Crippen LogP contribution in [0.1, 0.15) is 24.1 Å². The van der Waals surface area contributed by atoms with Crippen LogP contribution in [0.15, 0.2) is 36.4 Å². The smallest absolute Gasteiger partial charge is 0.317 e. The van der Waals surface area contributed by atoms with Crippen LogP contribution < -0.4 is 14.8 Å². The number of rotatable bonds is 6. The van der Waals surface area contributed by atoms with Gasteiger partial charge in [0, 0.05) is 38.3 Å². The maximum Gasteiger partial charge on any atom is 0.317 e. The second-order valence-electron chi connectivity index (χ2n) is 7.29. The van der Waals surface area contributed by atoms with Crippen LogP contribution in [0, 0.1) is 5.82 Å². The molecule has 6 nitrogen and oxygen atoms in total. The maximum absolute atomic E-state index is 13.4. The summed E-state index contributed by atoms with van der Waals surface area (Å²) in [5, 5.41) is 3.01. The Bertz CT molecular complexity index is 888. The van der Waals surface area contributed by atoms with Gasteiger partial charge in [0.15, 0.2) is 0 Å². The van der Waals surface area contributed by atoms with Gasteiger partial charge in [-0.15, -0.1) is 0 Å². The Morgan fingerprint density at radius 2 is 1.87 bits per heavy atom. The van der Waals surface area contributed by atoms with Crippen molar-refractivity contribution in [3.63, 3.8) is 0 Å².